The Morgan fingerprint density at radius 2 is 2.33 bits per heavy atom. The predicted molar refractivity (Wildman–Crippen MR) is 60.3 cm³/mol. The third kappa shape index (κ3) is 2.88. The Balaban J connectivity index is 2.19. The number of carbonyl (C=O) groups is 1. The fourth-order valence-electron chi connectivity index (χ4n) is 1.06. The number of rotatable bonds is 4. The number of hydrogen-bond donors (Lipinski definition) is 1. The molecule has 0 radical (unpaired) electrons. The van der Waals surface area contributed by atoms with Gasteiger partial charge in [0.05, 0.1) is 7.11 Å². The van der Waals surface area contributed by atoms with Gasteiger partial charge in [-0.2, -0.15) is 24.7 Å². The van der Waals surface area contributed by atoms with E-state index in [9.17, 15) is 4.79 Å². The van der Waals surface area contributed by atoms with Crippen molar-refractivity contribution < 1.29 is 9.53 Å². The van der Waals surface area contributed by atoms with E-state index in [1.807, 2.05) is 0 Å². The van der Waals surface area contributed by atoms with Crippen molar-refractivity contribution >= 4 is 23.5 Å². The van der Waals surface area contributed by atoms with Crippen molar-refractivity contribution in [3.8, 4) is 5.95 Å². The van der Waals surface area contributed by atoms with Crippen LogP contribution in [0.2, 0.25) is 5.28 Å². The zero-order valence-electron chi connectivity index (χ0n) is 9.24. The molecule has 0 saturated carbocycles. The highest BCUT2D eigenvalue weighted by molar-refractivity contribution is 6.28. The van der Waals surface area contributed by atoms with E-state index in [0.29, 0.717) is 0 Å². The van der Waals surface area contributed by atoms with Crippen LogP contribution in [0.3, 0.4) is 0 Å². The van der Waals surface area contributed by atoms with Gasteiger partial charge in [-0.05, 0) is 11.6 Å². The summed E-state index contributed by atoms with van der Waals surface area (Å²) in [5.74, 6) is -0.111. The highest BCUT2D eigenvalue weighted by atomic mass is 35.5. The zero-order chi connectivity index (χ0) is 13.0. The maximum Gasteiger partial charge on any atom is 0.325 e. The number of halogens is 1. The maximum absolute atomic E-state index is 11.0. The summed E-state index contributed by atoms with van der Waals surface area (Å²) in [4.78, 5) is 26.4. The fourth-order valence-corrected chi connectivity index (χ4v) is 1.21. The maximum atomic E-state index is 11.0. The molecule has 2 aromatic rings. The quantitative estimate of drug-likeness (QED) is 0.753. The molecule has 0 aliphatic heterocycles. The molecule has 2 aromatic heterocycles. The van der Waals surface area contributed by atoms with E-state index in [1.54, 1.807) is 0 Å². The molecule has 0 aliphatic rings. The highest BCUT2D eigenvalue weighted by Gasteiger charge is 2.08. The molecule has 94 valence electrons. The SMILES string of the molecule is COC(=O)CNc1nc(Cl)nc(-n2cncn2)n1. The van der Waals surface area contributed by atoms with Gasteiger partial charge in [0.25, 0.3) is 5.95 Å². The van der Waals surface area contributed by atoms with E-state index in [1.165, 1.54) is 24.4 Å². The first kappa shape index (κ1) is 12.2. The molecule has 9 nitrogen and oxygen atoms in total. The lowest BCUT2D eigenvalue weighted by Gasteiger charge is -2.05. The average Bonchev–Trinajstić information content (AvgIpc) is 2.89. The number of nitrogens with one attached hydrogen (secondary N) is 1. The predicted octanol–water partition coefficient (Wildman–Crippen LogP) is -0.309. The molecule has 0 saturated heterocycles. The Morgan fingerprint density at radius 3 is 3.00 bits per heavy atom. The largest absolute Gasteiger partial charge is 0.468 e. The molecule has 0 bridgehead atoms. The number of hydrogen-bond acceptors (Lipinski definition) is 8. The number of methoxy groups -OCH3 is 1. The van der Waals surface area contributed by atoms with Crippen LogP contribution >= 0.6 is 11.6 Å². The number of ether oxygens (including phenoxy) is 1. The van der Waals surface area contributed by atoms with Gasteiger partial charge in [0.2, 0.25) is 11.2 Å². The van der Waals surface area contributed by atoms with Gasteiger partial charge in [0.1, 0.15) is 19.2 Å². The number of nitrogens with zero attached hydrogens (tertiary/aromatic N) is 6. The Morgan fingerprint density at radius 1 is 1.50 bits per heavy atom. The van der Waals surface area contributed by atoms with Gasteiger partial charge in [-0.3, -0.25) is 4.79 Å². The van der Waals surface area contributed by atoms with Crippen molar-refractivity contribution in [2.75, 3.05) is 19.0 Å². The summed E-state index contributed by atoms with van der Waals surface area (Å²) in [6.45, 7) is -0.0758. The lowest BCUT2D eigenvalue weighted by Crippen LogP contribution is -2.17. The Kier molecular flexibility index (Phi) is 3.63. The zero-order valence-corrected chi connectivity index (χ0v) is 10.00. The first-order chi connectivity index (χ1) is 8.69. The van der Waals surface area contributed by atoms with Crippen molar-refractivity contribution in [1.82, 2.24) is 29.7 Å². The topological polar surface area (TPSA) is 108 Å². The highest BCUT2D eigenvalue weighted by Crippen LogP contribution is 2.08. The van der Waals surface area contributed by atoms with Crippen molar-refractivity contribution in [3.63, 3.8) is 0 Å². The Labute approximate surface area is 106 Å². The summed E-state index contributed by atoms with van der Waals surface area (Å²) in [5, 5.41) is 6.49. The number of anilines is 1. The fraction of sp³-hybridized carbons (Fsp3) is 0.250. The second-order valence-corrected chi connectivity index (χ2v) is 3.34. The van der Waals surface area contributed by atoms with Gasteiger partial charge >= 0.3 is 5.97 Å². The Bertz CT molecular complexity index is 544. The summed E-state index contributed by atoms with van der Waals surface area (Å²) in [6.07, 6.45) is 2.75. The molecule has 0 fully saturated rings. The van der Waals surface area contributed by atoms with E-state index < -0.39 is 5.97 Å². The molecule has 0 unspecified atom stereocenters. The van der Waals surface area contributed by atoms with E-state index in [4.69, 9.17) is 11.6 Å². The van der Waals surface area contributed by atoms with E-state index in [2.05, 4.69) is 35.1 Å². The van der Waals surface area contributed by atoms with E-state index in [-0.39, 0.29) is 23.7 Å². The standard InChI is InChI=1S/C8H8ClN7O2/c1-18-5(17)2-11-7-13-6(9)14-8(15-7)16-4-10-3-12-16/h3-4H,2H2,1H3,(H,11,13,14,15). The number of aromatic nitrogens is 6. The minimum atomic E-state index is -0.450. The second-order valence-electron chi connectivity index (χ2n) is 3.00. The lowest BCUT2D eigenvalue weighted by molar-refractivity contribution is -0.138. The average molecular weight is 270 g/mol. The summed E-state index contributed by atoms with van der Waals surface area (Å²) < 4.78 is 5.79. The van der Waals surface area contributed by atoms with Crippen LogP contribution < -0.4 is 5.32 Å². The molecule has 0 amide bonds. The van der Waals surface area contributed by atoms with Crippen LogP contribution in [-0.4, -0.2) is 49.3 Å². The summed E-state index contributed by atoms with van der Waals surface area (Å²) in [7, 11) is 1.28. The van der Waals surface area contributed by atoms with Crippen molar-refractivity contribution in [2.24, 2.45) is 0 Å². The molecule has 10 heteroatoms. The first-order valence-electron chi connectivity index (χ1n) is 4.76. The van der Waals surface area contributed by atoms with E-state index >= 15 is 0 Å². The van der Waals surface area contributed by atoms with Crippen LogP contribution in [0, 0.1) is 0 Å². The number of carbonyl (C=O) groups excluding carboxylic acids is 1. The van der Waals surface area contributed by atoms with Gasteiger partial charge in [-0.25, -0.2) is 4.98 Å². The van der Waals surface area contributed by atoms with Crippen molar-refractivity contribution in [1.29, 1.82) is 0 Å². The molecule has 2 heterocycles. The van der Waals surface area contributed by atoms with Crippen LogP contribution in [0.25, 0.3) is 5.95 Å². The molecule has 1 N–H and O–H groups in total. The van der Waals surface area contributed by atoms with Crippen molar-refractivity contribution in [3.05, 3.63) is 17.9 Å². The van der Waals surface area contributed by atoms with Gasteiger partial charge in [-0.1, -0.05) is 0 Å². The lowest BCUT2D eigenvalue weighted by atomic mass is 10.6. The Hall–Kier alpha value is -2.29. The molecule has 18 heavy (non-hydrogen) atoms. The van der Waals surface area contributed by atoms with Gasteiger partial charge < -0.3 is 10.1 Å². The number of esters is 1. The summed E-state index contributed by atoms with van der Waals surface area (Å²) in [6, 6.07) is 0. The summed E-state index contributed by atoms with van der Waals surface area (Å²) >= 11 is 5.74. The minimum Gasteiger partial charge on any atom is -0.468 e. The molecular weight excluding hydrogens is 262 g/mol. The molecule has 0 aromatic carbocycles. The molecule has 0 aliphatic carbocycles. The smallest absolute Gasteiger partial charge is 0.325 e. The van der Waals surface area contributed by atoms with Crippen LogP contribution in [0.1, 0.15) is 0 Å². The third-order valence-electron chi connectivity index (χ3n) is 1.84. The molecular formula is C8H8ClN7O2. The van der Waals surface area contributed by atoms with Gasteiger partial charge in [0.15, 0.2) is 0 Å². The van der Waals surface area contributed by atoms with Gasteiger partial charge in [-0.15, -0.1) is 0 Å². The van der Waals surface area contributed by atoms with E-state index in [0.717, 1.165) is 0 Å². The normalized spacial score (nSPS) is 10.1. The monoisotopic (exact) mass is 269 g/mol. The van der Waals surface area contributed by atoms with Crippen LogP contribution in [0.5, 0.6) is 0 Å². The van der Waals surface area contributed by atoms with Gasteiger partial charge in [0, 0.05) is 0 Å². The third-order valence-corrected chi connectivity index (χ3v) is 2.01. The van der Waals surface area contributed by atoms with Crippen LogP contribution in [0.15, 0.2) is 12.7 Å². The van der Waals surface area contributed by atoms with Crippen molar-refractivity contribution in [2.45, 2.75) is 0 Å². The summed E-state index contributed by atoms with van der Waals surface area (Å²) in [5.41, 5.74) is 0. The minimum absolute atomic E-state index is 0.0251. The molecule has 0 spiro atoms. The first-order valence-corrected chi connectivity index (χ1v) is 5.14. The molecule has 0 atom stereocenters. The van der Waals surface area contributed by atoms with Crippen LogP contribution in [0.4, 0.5) is 5.95 Å². The molecule has 2 rings (SSSR count). The second kappa shape index (κ2) is 5.36. The van der Waals surface area contributed by atoms with Crippen LogP contribution in [-0.2, 0) is 9.53 Å².